The van der Waals surface area contributed by atoms with Crippen LogP contribution < -0.4 is 5.56 Å². The SMILES string of the molecule is O=c1ccc(-n2ncc3cccnc32)c[nH]1. The zero-order valence-corrected chi connectivity index (χ0v) is 8.29. The lowest BCUT2D eigenvalue weighted by atomic mass is 10.3. The topological polar surface area (TPSA) is 63.6 Å². The van der Waals surface area contributed by atoms with Gasteiger partial charge in [0.15, 0.2) is 5.65 Å². The first-order chi connectivity index (χ1) is 7.84. The molecular weight excluding hydrogens is 204 g/mol. The highest BCUT2D eigenvalue weighted by molar-refractivity contribution is 5.75. The van der Waals surface area contributed by atoms with Gasteiger partial charge in [0.2, 0.25) is 5.56 Å². The Morgan fingerprint density at radius 1 is 1.25 bits per heavy atom. The molecule has 0 bridgehead atoms. The zero-order chi connectivity index (χ0) is 11.0. The lowest BCUT2D eigenvalue weighted by Crippen LogP contribution is -2.05. The first kappa shape index (κ1) is 8.84. The Labute approximate surface area is 90.4 Å². The van der Waals surface area contributed by atoms with E-state index < -0.39 is 0 Å². The van der Waals surface area contributed by atoms with Crippen molar-refractivity contribution in [3.63, 3.8) is 0 Å². The first-order valence-corrected chi connectivity index (χ1v) is 4.82. The Morgan fingerprint density at radius 3 is 3.00 bits per heavy atom. The maximum absolute atomic E-state index is 11.0. The quantitative estimate of drug-likeness (QED) is 0.657. The molecule has 0 spiro atoms. The third kappa shape index (κ3) is 1.30. The highest BCUT2D eigenvalue weighted by Gasteiger charge is 2.04. The van der Waals surface area contributed by atoms with Crippen LogP contribution in [0.4, 0.5) is 0 Å². The van der Waals surface area contributed by atoms with Gasteiger partial charge in [0.05, 0.1) is 11.9 Å². The molecule has 3 aromatic rings. The Hall–Kier alpha value is -2.43. The Bertz CT molecular complexity index is 678. The lowest BCUT2D eigenvalue weighted by molar-refractivity contribution is 0.888. The van der Waals surface area contributed by atoms with E-state index in [2.05, 4.69) is 15.1 Å². The van der Waals surface area contributed by atoms with E-state index in [0.29, 0.717) is 0 Å². The molecule has 1 N–H and O–H groups in total. The van der Waals surface area contributed by atoms with Crippen LogP contribution in [0.25, 0.3) is 16.7 Å². The molecule has 5 heteroatoms. The van der Waals surface area contributed by atoms with Gasteiger partial charge < -0.3 is 4.98 Å². The molecule has 0 aliphatic carbocycles. The van der Waals surface area contributed by atoms with Gasteiger partial charge in [0, 0.05) is 23.8 Å². The van der Waals surface area contributed by atoms with Gasteiger partial charge in [-0.3, -0.25) is 4.79 Å². The summed E-state index contributed by atoms with van der Waals surface area (Å²) >= 11 is 0. The van der Waals surface area contributed by atoms with Crippen LogP contribution >= 0.6 is 0 Å². The molecule has 5 nitrogen and oxygen atoms in total. The fourth-order valence-electron chi connectivity index (χ4n) is 1.58. The predicted molar refractivity (Wildman–Crippen MR) is 59.5 cm³/mol. The fraction of sp³-hybridized carbons (Fsp3) is 0. The molecule has 0 aliphatic heterocycles. The number of pyridine rings is 2. The monoisotopic (exact) mass is 212 g/mol. The molecule has 0 aromatic carbocycles. The van der Waals surface area contributed by atoms with Crippen LogP contribution in [0.2, 0.25) is 0 Å². The van der Waals surface area contributed by atoms with Crippen molar-refractivity contribution in [1.29, 1.82) is 0 Å². The van der Waals surface area contributed by atoms with Crippen LogP contribution in [0.5, 0.6) is 0 Å². The van der Waals surface area contributed by atoms with Gasteiger partial charge >= 0.3 is 0 Å². The Morgan fingerprint density at radius 2 is 2.19 bits per heavy atom. The molecule has 0 fully saturated rings. The van der Waals surface area contributed by atoms with E-state index in [9.17, 15) is 4.79 Å². The van der Waals surface area contributed by atoms with Crippen LogP contribution in [0, 0.1) is 0 Å². The molecule has 3 heterocycles. The lowest BCUT2D eigenvalue weighted by Gasteiger charge is -2.00. The molecule has 0 amide bonds. The minimum atomic E-state index is -0.131. The minimum absolute atomic E-state index is 0.131. The van der Waals surface area contributed by atoms with Crippen molar-refractivity contribution in [2.24, 2.45) is 0 Å². The van der Waals surface area contributed by atoms with Crippen molar-refractivity contribution < 1.29 is 0 Å². The van der Waals surface area contributed by atoms with E-state index in [-0.39, 0.29) is 5.56 Å². The predicted octanol–water partition coefficient (Wildman–Crippen LogP) is 1.11. The molecule has 3 aromatic heterocycles. The van der Waals surface area contributed by atoms with Crippen LogP contribution in [-0.2, 0) is 0 Å². The standard InChI is InChI=1S/C11H8N4O/c16-10-4-3-9(7-13-10)15-11-8(6-14-15)2-1-5-12-11/h1-7H,(H,13,16). The van der Waals surface area contributed by atoms with Gasteiger partial charge in [-0.1, -0.05) is 0 Å². The molecule has 3 rings (SSSR count). The summed E-state index contributed by atoms with van der Waals surface area (Å²) in [4.78, 5) is 17.8. The molecule has 16 heavy (non-hydrogen) atoms. The Kier molecular flexibility index (Phi) is 1.83. The maximum atomic E-state index is 11.0. The van der Waals surface area contributed by atoms with Crippen molar-refractivity contribution in [2.75, 3.05) is 0 Å². The summed E-state index contributed by atoms with van der Waals surface area (Å²) in [5, 5.41) is 5.19. The number of hydrogen-bond donors (Lipinski definition) is 1. The summed E-state index contributed by atoms with van der Waals surface area (Å²) < 4.78 is 1.69. The minimum Gasteiger partial charge on any atom is -0.327 e. The van der Waals surface area contributed by atoms with E-state index in [1.165, 1.54) is 6.07 Å². The van der Waals surface area contributed by atoms with E-state index in [4.69, 9.17) is 0 Å². The highest BCUT2D eigenvalue weighted by atomic mass is 16.1. The van der Waals surface area contributed by atoms with Gasteiger partial charge in [-0.2, -0.15) is 5.10 Å². The number of aromatic amines is 1. The van der Waals surface area contributed by atoms with Gasteiger partial charge in [-0.25, -0.2) is 9.67 Å². The second kappa shape index (κ2) is 3.30. The van der Waals surface area contributed by atoms with Crippen LogP contribution in [0.3, 0.4) is 0 Å². The molecular formula is C11H8N4O. The molecule has 0 unspecified atom stereocenters. The molecule has 0 aliphatic rings. The average molecular weight is 212 g/mol. The number of nitrogens with one attached hydrogen (secondary N) is 1. The maximum Gasteiger partial charge on any atom is 0.248 e. The summed E-state index contributed by atoms with van der Waals surface area (Å²) in [6, 6.07) is 6.98. The number of rotatable bonds is 1. The van der Waals surface area contributed by atoms with Crippen molar-refractivity contribution in [3.8, 4) is 5.69 Å². The van der Waals surface area contributed by atoms with Crippen LogP contribution in [0.1, 0.15) is 0 Å². The highest BCUT2D eigenvalue weighted by Crippen LogP contribution is 2.13. The summed E-state index contributed by atoms with van der Waals surface area (Å²) in [5.74, 6) is 0. The van der Waals surface area contributed by atoms with Crippen molar-refractivity contribution in [3.05, 3.63) is 53.2 Å². The van der Waals surface area contributed by atoms with Crippen molar-refractivity contribution >= 4 is 11.0 Å². The fourth-order valence-corrected chi connectivity index (χ4v) is 1.58. The number of H-pyrrole nitrogens is 1. The average Bonchev–Trinajstić information content (AvgIpc) is 2.74. The largest absolute Gasteiger partial charge is 0.327 e. The summed E-state index contributed by atoms with van der Waals surface area (Å²) in [7, 11) is 0. The molecule has 78 valence electrons. The van der Waals surface area contributed by atoms with E-state index >= 15 is 0 Å². The van der Waals surface area contributed by atoms with E-state index in [1.807, 2.05) is 12.1 Å². The number of aromatic nitrogens is 4. The molecule has 0 saturated heterocycles. The van der Waals surface area contributed by atoms with Crippen LogP contribution in [0.15, 0.2) is 47.7 Å². The van der Waals surface area contributed by atoms with Crippen LogP contribution in [-0.4, -0.2) is 19.7 Å². The second-order valence-electron chi connectivity index (χ2n) is 3.38. The molecule has 0 atom stereocenters. The van der Waals surface area contributed by atoms with Crippen molar-refractivity contribution in [1.82, 2.24) is 19.7 Å². The van der Waals surface area contributed by atoms with Gasteiger partial charge in [0.25, 0.3) is 0 Å². The van der Waals surface area contributed by atoms with Crippen molar-refractivity contribution in [2.45, 2.75) is 0 Å². The first-order valence-electron chi connectivity index (χ1n) is 4.82. The van der Waals surface area contributed by atoms with Gasteiger partial charge in [0.1, 0.15) is 0 Å². The summed E-state index contributed by atoms with van der Waals surface area (Å²) in [6.45, 7) is 0. The summed E-state index contributed by atoms with van der Waals surface area (Å²) in [5.41, 5.74) is 1.43. The Balaban J connectivity index is 2.26. The van der Waals surface area contributed by atoms with E-state index in [0.717, 1.165) is 16.7 Å². The second-order valence-corrected chi connectivity index (χ2v) is 3.38. The zero-order valence-electron chi connectivity index (χ0n) is 8.29. The number of nitrogens with zero attached hydrogens (tertiary/aromatic N) is 3. The molecule has 0 radical (unpaired) electrons. The number of hydrogen-bond acceptors (Lipinski definition) is 3. The summed E-state index contributed by atoms with van der Waals surface area (Å²) in [6.07, 6.45) is 5.07. The van der Waals surface area contributed by atoms with Gasteiger partial charge in [-0.15, -0.1) is 0 Å². The number of fused-ring (bicyclic) bond motifs is 1. The smallest absolute Gasteiger partial charge is 0.248 e. The third-order valence-corrected chi connectivity index (χ3v) is 2.34. The third-order valence-electron chi connectivity index (χ3n) is 2.34. The molecule has 0 saturated carbocycles. The normalized spacial score (nSPS) is 10.8. The van der Waals surface area contributed by atoms with Gasteiger partial charge in [-0.05, 0) is 18.2 Å². The van der Waals surface area contributed by atoms with E-state index in [1.54, 1.807) is 29.3 Å².